The molecule has 2 aromatic rings. The summed E-state index contributed by atoms with van der Waals surface area (Å²) in [5.74, 6) is -0.619. The molecule has 4 nitrogen and oxygen atoms in total. The molecule has 0 atom stereocenters. The number of nitro groups is 1. The van der Waals surface area contributed by atoms with Crippen molar-refractivity contribution in [2.24, 2.45) is 0 Å². The fourth-order valence-corrected chi connectivity index (χ4v) is 1.97. The SMILES string of the molecule is O=[N+]([O-])c1ccc(-c2cccc(OC(F)(F)F)c2)cc1C(F)(F)F. The molecule has 0 bridgehead atoms. The molecule has 0 N–H and O–H groups in total. The molecule has 0 saturated heterocycles. The summed E-state index contributed by atoms with van der Waals surface area (Å²) in [6.07, 6.45) is -9.94. The molecule has 0 aliphatic heterocycles. The second-order valence-corrected chi connectivity index (χ2v) is 4.56. The van der Waals surface area contributed by atoms with Gasteiger partial charge in [-0.15, -0.1) is 13.2 Å². The van der Waals surface area contributed by atoms with Crippen molar-refractivity contribution in [2.75, 3.05) is 0 Å². The van der Waals surface area contributed by atoms with Crippen molar-refractivity contribution >= 4 is 5.69 Å². The van der Waals surface area contributed by atoms with Gasteiger partial charge in [-0.3, -0.25) is 10.1 Å². The molecule has 0 amide bonds. The average Bonchev–Trinajstić information content (AvgIpc) is 2.44. The Morgan fingerprint density at radius 1 is 0.917 bits per heavy atom. The van der Waals surface area contributed by atoms with Crippen LogP contribution in [0, 0.1) is 10.1 Å². The Kier molecular flexibility index (Phi) is 4.41. The Labute approximate surface area is 130 Å². The van der Waals surface area contributed by atoms with E-state index in [1.54, 1.807) is 0 Å². The van der Waals surface area contributed by atoms with Crippen molar-refractivity contribution in [1.82, 2.24) is 0 Å². The van der Waals surface area contributed by atoms with Crippen LogP contribution in [-0.4, -0.2) is 11.3 Å². The summed E-state index contributed by atoms with van der Waals surface area (Å²) in [6.45, 7) is 0. The zero-order chi connectivity index (χ0) is 18.1. The minimum Gasteiger partial charge on any atom is -0.406 e. The topological polar surface area (TPSA) is 52.4 Å². The standard InChI is InChI=1S/C14H7F6NO3/c15-13(16,17)11-7-9(4-5-12(11)21(22)23)8-2-1-3-10(6-8)24-14(18,19)20/h1-7H. The monoisotopic (exact) mass is 351 g/mol. The predicted molar refractivity (Wildman–Crippen MR) is 70.2 cm³/mol. The molecule has 2 rings (SSSR count). The zero-order valence-electron chi connectivity index (χ0n) is 11.5. The largest absolute Gasteiger partial charge is 0.573 e. The van der Waals surface area contributed by atoms with Gasteiger partial charge in [0.25, 0.3) is 5.69 Å². The van der Waals surface area contributed by atoms with Gasteiger partial charge in [-0.2, -0.15) is 13.2 Å². The molecule has 128 valence electrons. The fourth-order valence-electron chi connectivity index (χ4n) is 1.97. The number of hydrogen-bond acceptors (Lipinski definition) is 3. The Morgan fingerprint density at radius 3 is 2.08 bits per heavy atom. The van der Waals surface area contributed by atoms with Gasteiger partial charge in [0.05, 0.1) is 4.92 Å². The molecular weight excluding hydrogens is 344 g/mol. The molecule has 0 saturated carbocycles. The van der Waals surface area contributed by atoms with Gasteiger partial charge in [-0.25, -0.2) is 0 Å². The smallest absolute Gasteiger partial charge is 0.406 e. The van der Waals surface area contributed by atoms with Gasteiger partial charge < -0.3 is 4.74 Å². The van der Waals surface area contributed by atoms with Gasteiger partial charge in [0.15, 0.2) is 0 Å². The summed E-state index contributed by atoms with van der Waals surface area (Å²) in [7, 11) is 0. The Balaban J connectivity index is 2.50. The lowest BCUT2D eigenvalue weighted by atomic mass is 10.0. The van der Waals surface area contributed by atoms with E-state index < -0.39 is 34.5 Å². The summed E-state index contributed by atoms with van der Waals surface area (Å²) in [6, 6.07) is 6.44. The van der Waals surface area contributed by atoms with Crippen molar-refractivity contribution in [3.63, 3.8) is 0 Å². The van der Waals surface area contributed by atoms with E-state index in [9.17, 15) is 36.5 Å². The van der Waals surface area contributed by atoms with Crippen LogP contribution in [0.15, 0.2) is 42.5 Å². The van der Waals surface area contributed by atoms with E-state index >= 15 is 0 Å². The zero-order valence-corrected chi connectivity index (χ0v) is 11.5. The average molecular weight is 351 g/mol. The lowest BCUT2D eigenvalue weighted by Crippen LogP contribution is -2.17. The summed E-state index contributed by atoms with van der Waals surface area (Å²) in [4.78, 5) is 9.50. The van der Waals surface area contributed by atoms with E-state index in [2.05, 4.69) is 4.74 Å². The lowest BCUT2D eigenvalue weighted by Gasteiger charge is -2.12. The van der Waals surface area contributed by atoms with Crippen molar-refractivity contribution in [3.8, 4) is 16.9 Å². The van der Waals surface area contributed by atoms with Crippen LogP contribution in [0.5, 0.6) is 5.75 Å². The second-order valence-electron chi connectivity index (χ2n) is 4.56. The minimum absolute atomic E-state index is 0.0165. The highest BCUT2D eigenvalue weighted by atomic mass is 19.4. The van der Waals surface area contributed by atoms with Gasteiger partial charge >= 0.3 is 12.5 Å². The van der Waals surface area contributed by atoms with E-state index in [0.717, 1.165) is 24.3 Å². The molecule has 10 heteroatoms. The third kappa shape index (κ3) is 4.15. The molecule has 0 unspecified atom stereocenters. The number of halogens is 6. The third-order valence-corrected chi connectivity index (χ3v) is 2.90. The number of nitrogens with zero attached hydrogens (tertiary/aromatic N) is 1. The molecule has 0 radical (unpaired) electrons. The summed E-state index contributed by atoms with van der Waals surface area (Å²) >= 11 is 0. The minimum atomic E-state index is -4.99. The van der Waals surface area contributed by atoms with Crippen molar-refractivity contribution in [1.29, 1.82) is 0 Å². The molecule has 0 fully saturated rings. The summed E-state index contributed by atoms with van der Waals surface area (Å²) in [5.41, 5.74) is -2.79. The van der Waals surface area contributed by atoms with E-state index in [0.29, 0.717) is 12.1 Å². The van der Waals surface area contributed by atoms with Crippen LogP contribution >= 0.6 is 0 Å². The molecule has 0 heterocycles. The van der Waals surface area contributed by atoms with Crippen LogP contribution in [0.4, 0.5) is 32.0 Å². The predicted octanol–water partition coefficient (Wildman–Crippen LogP) is 5.18. The summed E-state index contributed by atoms with van der Waals surface area (Å²) < 4.78 is 79.1. The normalized spacial score (nSPS) is 12.1. The van der Waals surface area contributed by atoms with E-state index in [-0.39, 0.29) is 11.1 Å². The first-order valence-electron chi connectivity index (χ1n) is 6.19. The third-order valence-electron chi connectivity index (χ3n) is 2.90. The van der Waals surface area contributed by atoms with Gasteiger partial charge in [0.2, 0.25) is 0 Å². The van der Waals surface area contributed by atoms with Gasteiger partial charge in [0.1, 0.15) is 11.3 Å². The van der Waals surface area contributed by atoms with Gasteiger partial charge in [-0.05, 0) is 35.4 Å². The van der Waals surface area contributed by atoms with E-state index in [4.69, 9.17) is 0 Å². The van der Waals surface area contributed by atoms with E-state index in [1.807, 2.05) is 0 Å². The van der Waals surface area contributed by atoms with E-state index in [1.165, 1.54) is 6.07 Å². The fraction of sp³-hybridized carbons (Fsp3) is 0.143. The molecule has 0 aliphatic carbocycles. The summed E-state index contributed by atoms with van der Waals surface area (Å²) in [5, 5.41) is 10.7. The number of alkyl halides is 6. The van der Waals surface area contributed by atoms with Crippen LogP contribution in [0.2, 0.25) is 0 Å². The van der Waals surface area contributed by atoms with Crippen molar-refractivity contribution in [2.45, 2.75) is 12.5 Å². The molecule has 0 aromatic heterocycles. The highest BCUT2D eigenvalue weighted by Crippen LogP contribution is 2.39. The first kappa shape index (κ1) is 17.6. The van der Waals surface area contributed by atoms with Crippen LogP contribution in [0.3, 0.4) is 0 Å². The lowest BCUT2D eigenvalue weighted by molar-refractivity contribution is -0.388. The Bertz CT molecular complexity index is 770. The second kappa shape index (κ2) is 6.02. The molecule has 0 spiro atoms. The first-order chi connectivity index (χ1) is 11.0. The van der Waals surface area contributed by atoms with Crippen molar-refractivity contribution in [3.05, 3.63) is 58.1 Å². The maximum Gasteiger partial charge on any atom is 0.573 e. The van der Waals surface area contributed by atoms with Crippen molar-refractivity contribution < 1.29 is 36.0 Å². The Morgan fingerprint density at radius 2 is 1.54 bits per heavy atom. The number of nitro benzene ring substituents is 1. The molecule has 24 heavy (non-hydrogen) atoms. The quantitative estimate of drug-likeness (QED) is 0.435. The molecule has 0 aliphatic rings. The van der Waals surface area contributed by atoms with Crippen LogP contribution in [0.25, 0.3) is 11.1 Å². The molecular formula is C14H7F6NO3. The van der Waals surface area contributed by atoms with Crippen LogP contribution in [0.1, 0.15) is 5.56 Å². The van der Waals surface area contributed by atoms with Gasteiger partial charge in [0, 0.05) is 6.07 Å². The van der Waals surface area contributed by atoms with Crippen LogP contribution < -0.4 is 4.74 Å². The number of ether oxygens (including phenoxy) is 1. The highest BCUT2D eigenvalue weighted by molar-refractivity contribution is 5.68. The Hall–Kier alpha value is -2.78. The molecule has 2 aromatic carbocycles. The van der Waals surface area contributed by atoms with Gasteiger partial charge in [-0.1, -0.05) is 12.1 Å². The van der Waals surface area contributed by atoms with Crippen LogP contribution in [-0.2, 0) is 6.18 Å². The highest BCUT2D eigenvalue weighted by Gasteiger charge is 2.38. The maximum absolute atomic E-state index is 12.9. The first-order valence-corrected chi connectivity index (χ1v) is 6.19. The number of hydrogen-bond donors (Lipinski definition) is 0. The maximum atomic E-state index is 12.9. The number of benzene rings is 2. The number of rotatable bonds is 3.